The summed E-state index contributed by atoms with van der Waals surface area (Å²) in [4.78, 5) is 13.6. The Morgan fingerprint density at radius 3 is 2.80 bits per heavy atom. The summed E-state index contributed by atoms with van der Waals surface area (Å²) >= 11 is 10.3. The number of carbonyl (C=O) groups is 1. The Bertz CT molecular complexity index is 499. The van der Waals surface area contributed by atoms with Crippen molar-refractivity contribution >= 4 is 34.7 Å². The molecule has 1 aromatic carbocycles. The second kappa shape index (κ2) is 8.01. The predicted molar refractivity (Wildman–Crippen MR) is 80.6 cm³/mol. The van der Waals surface area contributed by atoms with Crippen LogP contribution in [0.3, 0.4) is 0 Å². The van der Waals surface area contributed by atoms with Gasteiger partial charge in [0.25, 0.3) is 0 Å². The van der Waals surface area contributed by atoms with Crippen molar-refractivity contribution in [3.05, 3.63) is 29.0 Å². The summed E-state index contributed by atoms with van der Waals surface area (Å²) in [6, 6.07) is 4.14. The number of benzene rings is 1. The zero-order valence-corrected chi connectivity index (χ0v) is 12.6. The number of rotatable bonds is 7. The minimum Gasteiger partial charge on any atom is -0.493 e. The van der Waals surface area contributed by atoms with Crippen molar-refractivity contribution in [1.82, 2.24) is 4.90 Å². The van der Waals surface area contributed by atoms with Crippen molar-refractivity contribution in [2.45, 2.75) is 12.8 Å². The molecule has 0 aromatic heterocycles. The van der Waals surface area contributed by atoms with Crippen molar-refractivity contribution in [2.75, 3.05) is 20.2 Å². The number of amides is 1. The molecule has 0 heterocycles. The summed E-state index contributed by atoms with van der Waals surface area (Å²) in [7, 11) is 1.67. The summed E-state index contributed by atoms with van der Waals surface area (Å²) < 4.78 is 18.4. The minimum absolute atomic E-state index is 0.0333. The van der Waals surface area contributed by atoms with E-state index in [0.717, 1.165) is 0 Å². The van der Waals surface area contributed by atoms with Gasteiger partial charge in [-0.2, -0.15) is 0 Å². The first-order valence-electron chi connectivity index (χ1n) is 6.00. The van der Waals surface area contributed by atoms with Crippen LogP contribution < -0.4 is 10.5 Å². The van der Waals surface area contributed by atoms with Gasteiger partial charge in [-0.25, -0.2) is 4.39 Å². The topological polar surface area (TPSA) is 55.6 Å². The molecule has 1 rings (SSSR count). The standard InChI is InChI=1S/C13H16ClFN2O2S/c1-17(6-4-12(16)20)13(18)5-7-19-9-2-3-10(14)11(15)8-9/h2-3,8H,4-7H2,1H3,(H2,16,20). The van der Waals surface area contributed by atoms with Gasteiger partial charge in [-0.1, -0.05) is 23.8 Å². The lowest BCUT2D eigenvalue weighted by Gasteiger charge is -2.16. The number of ether oxygens (including phenoxy) is 1. The smallest absolute Gasteiger partial charge is 0.225 e. The fourth-order valence-electron chi connectivity index (χ4n) is 1.42. The minimum atomic E-state index is -0.552. The van der Waals surface area contributed by atoms with Gasteiger partial charge in [-0.05, 0) is 12.1 Å². The van der Waals surface area contributed by atoms with E-state index >= 15 is 0 Å². The number of hydrogen-bond acceptors (Lipinski definition) is 3. The SMILES string of the molecule is CN(CCC(N)=S)C(=O)CCOc1ccc(Cl)c(F)c1. The van der Waals surface area contributed by atoms with Crippen LogP contribution in [0, 0.1) is 5.82 Å². The number of thiocarbonyl (C=S) groups is 1. The van der Waals surface area contributed by atoms with Gasteiger partial charge in [0, 0.05) is 26.1 Å². The Labute approximate surface area is 127 Å². The van der Waals surface area contributed by atoms with Crippen LogP contribution in [-0.2, 0) is 4.79 Å². The molecule has 0 saturated heterocycles. The molecule has 0 bridgehead atoms. The molecule has 0 spiro atoms. The van der Waals surface area contributed by atoms with Crippen molar-refractivity contribution in [1.29, 1.82) is 0 Å². The van der Waals surface area contributed by atoms with Gasteiger partial charge in [0.15, 0.2) is 0 Å². The van der Waals surface area contributed by atoms with Crippen LogP contribution in [0.2, 0.25) is 5.02 Å². The van der Waals surface area contributed by atoms with Crippen LogP contribution in [0.15, 0.2) is 18.2 Å². The molecule has 4 nitrogen and oxygen atoms in total. The van der Waals surface area contributed by atoms with E-state index < -0.39 is 5.82 Å². The molecule has 0 atom stereocenters. The Hall–Kier alpha value is -1.40. The van der Waals surface area contributed by atoms with E-state index in [9.17, 15) is 9.18 Å². The number of hydrogen-bond donors (Lipinski definition) is 1. The summed E-state index contributed by atoms with van der Waals surface area (Å²) in [5.41, 5.74) is 5.37. The second-order valence-corrected chi connectivity index (χ2v) is 5.14. The number of halogens is 2. The van der Waals surface area contributed by atoms with Gasteiger partial charge in [0.1, 0.15) is 11.6 Å². The molecule has 1 amide bonds. The highest BCUT2D eigenvalue weighted by atomic mass is 35.5. The van der Waals surface area contributed by atoms with E-state index in [1.54, 1.807) is 13.1 Å². The zero-order valence-electron chi connectivity index (χ0n) is 11.1. The quantitative estimate of drug-likeness (QED) is 0.784. The fraction of sp³-hybridized carbons (Fsp3) is 0.385. The van der Waals surface area contributed by atoms with Crippen LogP contribution in [0.25, 0.3) is 0 Å². The highest BCUT2D eigenvalue weighted by Gasteiger charge is 2.09. The van der Waals surface area contributed by atoms with Crippen molar-refractivity contribution in [3.63, 3.8) is 0 Å². The van der Waals surface area contributed by atoms with E-state index in [0.29, 0.717) is 23.7 Å². The van der Waals surface area contributed by atoms with E-state index in [-0.39, 0.29) is 24.0 Å². The van der Waals surface area contributed by atoms with Gasteiger partial charge in [-0.3, -0.25) is 4.79 Å². The molecule has 0 aliphatic carbocycles. The van der Waals surface area contributed by atoms with Crippen LogP contribution >= 0.6 is 23.8 Å². The Morgan fingerprint density at radius 1 is 1.50 bits per heavy atom. The van der Waals surface area contributed by atoms with E-state index in [2.05, 4.69) is 0 Å². The lowest BCUT2D eigenvalue weighted by molar-refractivity contribution is -0.130. The number of carbonyl (C=O) groups excluding carboxylic acids is 1. The third-order valence-corrected chi connectivity index (χ3v) is 3.11. The molecule has 110 valence electrons. The first kappa shape index (κ1) is 16.7. The Kier molecular flexibility index (Phi) is 6.67. The highest BCUT2D eigenvalue weighted by Crippen LogP contribution is 2.20. The molecular weight excluding hydrogens is 303 g/mol. The molecular formula is C13H16ClFN2O2S. The monoisotopic (exact) mass is 318 g/mol. The molecule has 1 aromatic rings. The first-order chi connectivity index (χ1) is 9.40. The molecule has 2 N–H and O–H groups in total. The largest absolute Gasteiger partial charge is 0.493 e. The molecule has 0 radical (unpaired) electrons. The predicted octanol–water partition coefficient (Wildman–Crippen LogP) is 2.38. The van der Waals surface area contributed by atoms with Crippen molar-refractivity contribution < 1.29 is 13.9 Å². The maximum atomic E-state index is 13.2. The van der Waals surface area contributed by atoms with Crippen molar-refractivity contribution in [3.8, 4) is 5.75 Å². The van der Waals surface area contributed by atoms with Gasteiger partial charge in [0.2, 0.25) is 5.91 Å². The van der Waals surface area contributed by atoms with Crippen LogP contribution in [-0.4, -0.2) is 36.0 Å². The molecule has 0 fully saturated rings. The Balaban J connectivity index is 2.34. The average Bonchev–Trinajstić information content (AvgIpc) is 2.39. The van der Waals surface area contributed by atoms with Gasteiger partial charge >= 0.3 is 0 Å². The van der Waals surface area contributed by atoms with E-state index in [4.69, 9.17) is 34.3 Å². The van der Waals surface area contributed by atoms with E-state index in [1.165, 1.54) is 17.0 Å². The van der Waals surface area contributed by atoms with Gasteiger partial charge in [0.05, 0.1) is 23.0 Å². The highest BCUT2D eigenvalue weighted by molar-refractivity contribution is 7.80. The maximum Gasteiger partial charge on any atom is 0.225 e. The molecule has 0 aliphatic rings. The summed E-state index contributed by atoms with van der Waals surface area (Å²) in [5, 5.41) is 0.0333. The summed E-state index contributed by atoms with van der Waals surface area (Å²) in [5.74, 6) is -0.301. The summed E-state index contributed by atoms with van der Waals surface area (Å²) in [6.45, 7) is 0.640. The van der Waals surface area contributed by atoms with Gasteiger partial charge in [-0.15, -0.1) is 0 Å². The second-order valence-electron chi connectivity index (χ2n) is 4.21. The van der Waals surface area contributed by atoms with E-state index in [1.807, 2.05) is 0 Å². The normalized spacial score (nSPS) is 10.2. The number of nitrogens with two attached hydrogens (primary N) is 1. The first-order valence-corrected chi connectivity index (χ1v) is 6.79. The van der Waals surface area contributed by atoms with Gasteiger partial charge < -0.3 is 15.4 Å². The lowest BCUT2D eigenvalue weighted by Crippen LogP contribution is -2.30. The third-order valence-electron chi connectivity index (χ3n) is 2.60. The number of nitrogens with zero attached hydrogens (tertiary/aromatic N) is 1. The fourth-order valence-corrected chi connectivity index (χ4v) is 1.63. The molecule has 0 saturated carbocycles. The Morgan fingerprint density at radius 2 is 2.20 bits per heavy atom. The van der Waals surface area contributed by atoms with Crippen molar-refractivity contribution in [2.24, 2.45) is 5.73 Å². The average molecular weight is 319 g/mol. The lowest BCUT2D eigenvalue weighted by atomic mass is 10.3. The maximum absolute atomic E-state index is 13.2. The summed E-state index contributed by atoms with van der Waals surface area (Å²) in [6.07, 6.45) is 0.679. The van der Waals surface area contributed by atoms with Crippen LogP contribution in [0.5, 0.6) is 5.75 Å². The molecule has 0 unspecified atom stereocenters. The third kappa shape index (κ3) is 5.71. The zero-order chi connectivity index (χ0) is 15.1. The molecule has 0 aliphatic heterocycles. The van der Waals surface area contributed by atoms with Crippen LogP contribution in [0.1, 0.15) is 12.8 Å². The van der Waals surface area contributed by atoms with Crippen LogP contribution in [0.4, 0.5) is 4.39 Å². The molecule has 7 heteroatoms. The molecule has 20 heavy (non-hydrogen) atoms.